The lowest BCUT2D eigenvalue weighted by Gasteiger charge is -2.12. The molecule has 0 aliphatic heterocycles. The molecule has 8 nitrogen and oxygen atoms in total. The Balaban J connectivity index is 2.99. The Morgan fingerprint density at radius 1 is 1.53 bits per heavy atom. The first-order chi connectivity index (χ1) is 7.91. The molecule has 1 aromatic rings. The highest BCUT2D eigenvalue weighted by molar-refractivity contribution is 5.82. The SMILES string of the molecule is CC(=O)OC(C(N)=O)c1ccc([N+](=O)[O-])cn1. The third-order valence-electron chi connectivity index (χ3n) is 1.79. The van der Waals surface area contributed by atoms with Gasteiger partial charge in [-0.15, -0.1) is 0 Å². The van der Waals surface area contributed by atoms with Gasteiger partial charge in [0.2, 0.25) is 6.10 Å². The first-order valence-corrected chi connectivity index (χ1v) is 4.48. The highest BCUT2D eigenvalue weighted by Gasteiger charge is 2.23. The molecule has 8 heteroatoms. The number of nitrogens with zero attached hydrogens (tertiary/aromatic N) is 2. The molecular formula is C9H9N3O5. The zero-order chi connectivity index (χ0) is 13.0. The van der Waals surface area contributed by atoms with E-state index in [1.807, 2.05) is 0 Å². The molecular weight excluding hydrogens is 230 g/mol. The number of nitrogens with two attached hydrogens (primary N) is 1. The fraction of sp³-hybridized carbons (Fsp3) is 0.222. The fourth-order valence-electron chi connectivity index (χ4n) is 1.09. The third kappa shape index (κ3) is 3.23. The van der Waals surface area contributed by atoms with Crippen LogP contribution in [0.3, 0.4) is 0 Å². The van der Waals surface area contributed by atoms with Crippen LogP contribution in [0.1, 0.15) is 18.7 Å². The number of carbonyl (C=O) groups is 2. The summed E-state index contributed by atoms with van der Waals surface area (Å²) in [5.74, 6) is -1.60. The summed E-state index contributed by atoms with van der Waals surface area (Å²) in [5, 5.41) is 10.4. The first-order valence-electron chi connectivity index (χ1n) is 4.48. The molecule has 0 aliphatic rings. The van der Waals surface area contributed by atoms with Gasteiger partial charge >= 0.3 is 5.97 Å². The molecule has 0 fully saturated rings. The Bertz CT molecular complexity index is 456. The lowest BCUT2D eigenvalue weighted by Crippen LogP contribution is -2.26. The summed E-state index contributed by atoms with van der Waals surface area (Å²) in [5.41, 5.74) is 4.83. The van der Waals surface area contributed by atoms with Crippen LogP contribution in [0.4, 0.5) is 5.69 Å². The number of hydrogen-bond donors (Lipinski definition) is 1. The molecule has 1 rings (SSSR count). The fourth-order valence-corrected chi connectivity index (χ4v) is 1.09. The van der Waals surface area contributed by atoms with E-state index >= 15 is 0 Å². The van der Waals surface area contributed by atoms with Crippen molar-refractivity contribution in [2.75, 3.05) is 0 Å². The minimum atomic E-state index is -1.34. The molecule has 0 saturated carbocycles. The number of carbonyl (C=O) groups excluding carboxylic acids is 2. The van der Waals surface area contributed by atoms with Gasteiger partial charge in [-0.25, -0.2) is 4.98 Å². The van der Waals surface area contributed by atoms with Gasteiger partial charge in [-0.2, -0.15) is 0 Å². The number of nitro groups is 1. The van der Waals surface area contributed by atoms with E-state index in [1.165, 1.54) is 6.07 Å². The lowest BCUT2D eigenvalue weighted by molar-refractivity contribution is -0.385. The number of ether oxygens (including phenoxy) is 1. The number of aromatic nitrogens is 1. The highest BCUT2D eigenvalue weighted by atomic mass is 16.6. The molecule has 1 aromatic heterocycles. The zero-order valence-electron chi connectivity index (χ0n) is 8.82. The van der Waals surface area contributed by atoms with Crippen molar-refractivity contribution in [3.05, 3.63) is 34.1 Å². The Hall–Kier alpha value is -2.51. The van der Waals surface area contributed by atoms with Crippen molar-refractivity contribution in [2.24, 2.45) is 5.73 Å². The molecule has 0 aromatic carbocycles. The summed E-state index contributed by atoms with van der Waals surface area (Å²) in [6, 6.07) is 2.35. The predicted molar refractivity (Wildman–Crippen MR) is 54.6 cm³/mol. The summed E-state index contributed by atoms with van der Waals surface area (Å²) < 4.78 is 4.65. The third-order valence-corrected chi connectivity index (χ3v) is 1.79. The van der Waals surface area contributed by atoms with Gasteiger partial charge in [-0.3, -0.25) is 19.7 Å². The molecule has 0 saturated heterocycles. The van der Waals surface area contributed by atoms with Gasteiger partial charge in [0.1, 0.15) is 6.20 Å². The Labute approximate surface area is 95.5 Å². The van der Waals surface area contributed by atoms with Gasteiger partial charge in [0.05, 0.1) is 10.6 Å². The minimum absolute atomic E-state index is 0.0401. The van der Waals surface area contributed by atoms with Crippen molar-refractivity contribution in [2.45, 2.75) is 13.0 Å². The number of pyridine rings is 1. The van der Waals surface area contributed by atoms with Crippen LogP contribution < -0.4 is 5.73 Å². The topological polar surface area (TPSA) is 125 Å². The Morgan fingerprint density at radius 3 is 2.53 bits per heavy atom. The standard InChI is InChI=1S/C9H9N3O5/c1-5(13)17-8(9(10)14)7-3-2-6(4-11-7)12(15)16/h2-4,8H,1H3,(H2,10,14). The average molecular weight is 239 g/mol. The monoisotopic (exact) mass is 239 g/mol. The first kappa shape index (κ1) is 12.6. The second-order valence-electron chi connectivity index (χ2n) is 3.09. The molecule has 0 aliphatic carbocycles. The predicted octanol–water partition coefficient (Wildman–Crippen LogP) is 0.0793. The highest BCUT2D eigenvalue weighted by Crippen LogP contribution is 2.17. The molecule has 0 radical (unpaired) electrons. The van der Waals surface area contributed by atoms with Crippen molar-refractivity contribution in [1.29, 1.82) is 0 Å². The maximum Gasteiger partial charge on any atom is 0.303 e. The van der Waals surface area contributed by atoms with E-state index in [-0.39, 0.29) is 11.4 Å². The van der Waals surface area contributed by atoms with Gasteiger partial charge in [0.25, 0.3) is 11.6 Å². The van der Waals surface area contributed by atoms with Crippen LogP contribution in [0.5, 0.6) is 0 Å². The van der Waals surface area contributed by atoms with E-state index in [4.69, 9.17) is 5.73 Å². The van der Waals surface area contributed by atoms with Gasteiger partial charge in [0.15, 0.2) is 0 Å². The molecule has 90 valence electrons. The normalized spacial score (nSPS) is 11.6. The number of hydrogen-bond acceptors (Lipinski definition) is 6. The second kappa shape index (κ2) is 5.01. The summed E-state index contributed by atoms with van der Waals surface area (Å²) in [7, 11) is 0. The van der Waals surface area contributed by atoms with Crippen molar-refractivity contribution in [3.63, 3.8) is 0 Å². The van der Waals surface area contributed by atoms with Crippen LogP contribution in [0.25, 0.3) is 0 Å². The summed E-state index contributed by atoms with van der Waals surface area (Å²) in [4.78, 5) is 35.2. The maximum absolute atomic E-state index is 11.0. The van der Waals surface area contributed by atoms with Crippen molar-refractivity contribution >= 4 is 17.6 Å². The number of primary amides is 1. The molecule has 1 unspecified atom stereocenters. The smallest absolute Gasteiger partial charge is 0.303 e. The molecule has 1 atom stereocenters. The number of esters is 1. The summed E-state index contributed by atoms with van der Waals surface area (Å²) >= 11 is 0. The Morgan fingerprint density at radius 2 is 2.18 bits per heavy atom. The van der Waals surface area contributed by atoms with Crippen molar-refractivity contribution in [1.82, 2.24) is 4.98 Å². The van der Waals surface area contributed by atoms with Gasteiger partial charge < -0.3 is 10.5 Å². The molecule has 1 amide bonds. The summed E-state index contributed by atoms with van der Waals surface area (Å²) in [6.45, 7) is 1.11. The van der Waals surface area contributed by atoms with Gasteiger partial charge in [-0.05, 0) is 6.07 Å². The molecule has 17 heavy (non-hydrogen) atoms. The van der Waals surface area contributed by atoms with Crippen LogP contribution in [-0.4, -0.2) is 21.8 Å². The molecule has 0 bridgehead atoms. The van der Waals surface area contributed by atoms with E-state index in [2.05, 4.69) is 9.72 Å². The number of rotatable bonds is 4. The molecule has 0 spiro atoms. The lowest BCUT2D eigenvalue weighted by atomic mass is 10.2. The molecule has 2 N–H and O–H groups in total. The van der Waals surface area contributed by atoms with Gasteiger partial charge in [0, 0.05) is 13.0 Å². The van der Waals surface area contributed by atoms with E-state index in [1.54, 1.807) is 0 Å². The van der Waals surface area contributed by atoms with E-state index in [0.717, 1.165) is 19.2 Å². The zero-order valence-corrected chi connectivity index (χ0v) is 8.82. The largest absolute Gasteiger partial charge is 0.446 e. The van der Waals surface area contributed by atoms with Crippen LogP contribution >= 0.6 is 0 Å². The maximum atomic E-state index is 11.0. The van der Waals surface area contributed by atoms with E-state index in [9.17, 15) is 19.7 Å². The van der Waals surface area contributed by atoms with E-state index < -0.39 is 22.9 Å². The van der Waals surface area contributed by atoms with E-state index in [0.29, 0.717) is 0 Å². The molecule has 1 heterocycles. The van der Waals surface area contributed by atoms with Crippen LogP contribution in [0.2, 0.25) is 0 Å². The minimum Gasteiger partial charge on any atom is -0.446 e. The van der Waals surface area contributed by atoms with Crippen molar-refractivity contribution < 1.29 is 19.2 Å². The average Bonchev–Trinajstić information content (AvgIpc) is 2.25. The summed E-state index contributed by atoms with van der Waals surface area (Å²) in [6.07, 6.45) is -0.386. The van der Waals surface area contributed by atoms with Gasteiger partial charge in [-0.1, -0.05) is 0 Å². The van der Waals surface area contributed by atoms with Crippen LogP contribution in [-0.2, 0) is 14.3 Å². The van der Waals surface area contributed by atoms with Crippen LogP contribution in [0, 0.1) is 10.1 Å². The number of amides is 1. The quantitative estimate of drug-likeness (QED) is 0.450. The van der Waals surface area contributed by atoms with Crippen LogP contribution in [0.15, 0.2) is 18.3 Å². The Kier molecular flexibility index (Phi) is 3.70. The van der Waals surface area contributed by atoms with Crippen molar-refractivity contribution in [3.8, 4) is 0 Å². The second-order valence-corrected chi connectivity index (χ2v) is 3.09.